The Morgan fingerprint density at radius 2 is 1.96 bits per heavy atom. The highest BCUT2D eigenvalue weighted by molar-refractivity contribution is 5.89. The van der Waals surface area contributed by atoms with Crippen LogP contribution >= 0.6 is 0 Å². The number of rotatable bonds is 7. The van der Waals surface area contributed by atoms with E-state index >= 15 is 0 Å². The molecule has 130 valence electrons. The van der Waals surface area contributed by atoms with E-state index in [1.807, 2.05) is 0 Å². The van der Waals surface area contributed by atoms with Crippen molar-refractivity contribution < 1.29 is 24.3 Å². The average Bonchev–Trinajstić information content (AvgIpc) is 2.61. The molecule has 0 heterocycles. The number of ether oxygens (including phenoxy) is 2. The van der Waals surface area contributed by atoms with Crippen LogP contribution in [-0.2, 0) is 0 Å². The molecule has 0 unspecified atom stereocenters. The fraction of sp³-hybridized carbons (Fsp3) is 0.125. The van der Waals surface area contributed by atoms with E-state index in [1.165, 1.54) is 44.7 Å². The van der Waals surface area contributed by atoms with Crippen LogP contribution in [0.5, 0.6) is 11.5 Å². The van der Waals surface area contributed by atoms with E-state index in [1.54, 1.807) is 12.1 Å². The van der Waals surface area contributed by atoms with E-state index in [2.05, 4.69) is 10.5 Å². The summed E-state index contributed by atoms with van der Waals surface area (Å²) in [5.74, 6) is -0.645. The van der Waals surface area contributed by atoms with Gasteiger partial charge in [0.15, 0.2) is 0 Å². The van der Waals surface area contributed by atoms with Crippen LogP contribution in [0.1, 0.15) is 15.9 Å². The molecule has 2 aromatic carbocycles. The Morgan fingerprint density at radius 1 is 1.24 bits per heavy atom. The third kappa shape index (κ3) is 4.22. The second-order valence-corrected chi connectivity index (χ2v) is 4.78. The third-order valence-corrected chi connectivity index (χ3v) is 3.23. The van der Waals surface area contributed by atoms with E-state index in [-0.39, 0.29) is 17.0 Å². The minimum Gasteiger partial charge on any atom is -0.496 e. The van der Waals surface area contributed by atoms with Crippen molar-refractivity contribution in [2.75, 3.05) is 19.6 Å². The van der Waals surface area contributed by atoms with Crippen molar-refractivity contribution in [2.45, 2.75) is 0 Å². The maximum absolute atomic E-state index is 11.1. The molecule has 0 aliphatic carbocycles. The van der Waals surface area contributed by atoms with Gasteiger partial charge < -0.3 is 14.6 Å². The molecule has 0 saturated heterocycles. The number of hydrazone groups is 1. The zero-order valence-electron chi connectivity index (χ0n) is 13.4. The minimum atomic E-state index is -1.06. The summed E-state index contributed by atoms with van der Waals surface area (Å²) in [6, 6.07) is 8.74. The van der Waals surface area contributed by atoms with Crippen LogP contribution in [0, 0.1) is 10.1 Å². The molecular weight excluding hydrogens is 330 g/mol. The summed E-state index contributed by atoms with van der Waals surface area (Å²) in [6.45, 7) is 0. The van der Waals surface area contributed by atoms with E-state index < -0.39 is 10.9 Å². The van der Waals surface area contributed by atoms with Crippen LogP contribution in [-0.4, -0.2) is 36.4 Å². The summed E-state index contributed by atoms with van der Waals surface area (Å²) in [5, 5.41) is 24.0. The molecule has 9 heteroatoms. The number of methoxy groups -OCH3 is 2. The Kier molecular flexibility index (Phi) is 5.51. The number of anilines is 1. The molecule has 0 atom stereocenters. The number of benzene rings is 2. The van der Waals surface area contributed by atoms with Gasteiger partial charge in [0, 0.05) is 17.7 Å². The lowest BCUT2D eigenvalue weighted by Gasteiger charge is -2.08. The van der Waals surface area contributed by atoms with Gasteiger partial charge in [-0.15, -0.1) is 0 Å². The molecule has 0 bridgehead atoms. The molecule has 2 rings (SSSR count). The van der Waals surface area contributed by atoms with Crippen LogP contribution in [0.25, 0.3) is 0 Å². The molecule has 2 aromatic rings. The molecule has 25 heavy (non-hydrogen) atoms. The molecule has 0 saturated carbocycles. The van der Waals surface area contributed by atoms with Crippen LogP contribution in [0.3, 0.4) is 0 Å². The first-order valence-corrected chi connectivity index (χ1v) is 6.99. The summed E-state index contributed by atoms with van der Waals surface area (Å²) >= 11 is 0. The summed E-state index contributed by atoms with van der Waals surface area (Å²) in [6.07, 6.45) is 1.33. The number of carboxylic acid groups (broad SMARTS) is 1. The fourth-order valence-corrected chi connectivity index (χ4v) is 2.05. The summed E-state index contributed by atoms with van der Waals surface area (Å²) in [4.78, 5) is 21.5. The molecule has 0 aromatic heterocycles. The molecule has 2 N–H and O–H groups in total. The van der Waals surface area contributed by atoms with Crippen LogP contribution in [0.2, 0.25) is 0 Å². The van der Waals surface area contributed by atoms with Crippen molar-refractivity contribution in [1.82, 2.24) is 0 Å². The van der Waals surface area contributed by atoms with Gasteiger partial charge in [0.2, 0.25) is 5.75 Å². The van der Waals surface area contributed by atoms with Crippen molar-refractivity contribution >= 4 is 23.6 Å². The zero-order chi connectivity index (χ0) is 18.4. The molecule has 0 amide bonds. The second-order valence-electron chi connectivity index (χ2n) is 4.78. The predicted molar refractivity (Wildman–Crippen MR) is 90.8 cm³/mol. The van der Waals surface area contributed by atoms with Crippen molar-refractivity contribution in [3.05, 3.63) is 57.6 Å². The number of nitro benzene ring substituents is 1. The van der Waals surface area contributed by atoms with E-state index in [4.69, 9.17) is 14.6 Å². The lowest BCUT2D eigenvalue weighted by molar-refractivity contribution is -0.385. The summed E-state index contributed by atoms with van der Waals surface area (Å²) in [7, 11) is 2.74. The highest BCUT2D eigenvalue weighted by Crippen LogP contribution is 2.33. The Balaban J connectivity index is 2.28. The van der Waals surface area contributed by atoms with Crippen LogP contribution in [0.15, 0.2) is 41.5 Å². The van der Waals surface area contributed by atoms with Gasteiger partial charge in [-0.05, 0) is 18.2 Å². The number of carboxylic acids is 1. The predicted octanol–water partition coefficient (Wildman–Crippen LogP) is 2.76. The second kappa shape index (κ2) is 7.77. The Hall–Kier alpha value is -3.62. The smallest absolute Gasteiger partial charge is 0.335 e. The molecular formula is C16H15N3O6. The number of aromatic carboxylic acids is 1. The number of hydrogen-bond acceptors (Lipinski definition) is 7. The van der Waals surface area contributed by atoms with Gasteiger partial charge in [-0.25, -0.2) is 4.79 Å². The van der Waals surface area contributed by atoms with Crippen molar-refractivity contribution in [1.29, 1.82) is 0 Å². The fourth-order valence-electron chi connectivity index (χ4n) is 2.05. The first-order valence-electron chi connectivity index (χ1n) is 6.99. The van der Waals surface area contributed by atoms with Gasteiger partial charge >= 0.3 is 11.7 Å². The van der Waals surface area contributed by atoms with E-state index in [0.29, 0.717) is 17.0 Å². The monoisotopic (exact) mass is 345 g/mol. The summed E-state index contributed by atoms with van der Waals surface area (Å²) in [5.41, 5.74) is 3.37. The van der Waals surface area contributed by atoms with Crippen LogP contribution < -0.4 is 14.9 Å². The molecule has 0 aliphatic rings. The lowest BCUT2D eigenvalue weighted by atomic mass is 10.1. The maximum Gasteiger partial charge on any atom is 0.335 e. The summed E-state index contributed by atoms with van der Waals surface area (Å²) < 4.78 is 10.2. The third-order valence-electron chi connectivity index (χ3n) is 3.23. The Labute approximate surface area is 142 Å². The van der Waals surface area contributed by atoms with Crippen LogP contribution in [0.4, 0.5) is 11.4 Å². The molecule has 0 spiro atoms. The first kappa shape index (κ1) is 17.7. The number of nitro groups is 1. The van der Waals surface area contributed by atoms with Crippen molar-refractivity contribution in [3.63, 3.8) is 0 Å². The maximum atomic E-state index is 11.1. The lowest BCUT2D eigenvalue weighted by Crippen LogP contribution is -2.00. The van der Waals surface area contributed by atoms with Crippen molar-refractivity contribution in [3.8, 4) is 11.5 Å². The largest absolute Gasteiger partial charge is 0.496 e. The highest BCUT2D eigenvalue weighted by atomic mass is 16.6. The standard InChI is InChI=1S/C16H15N3O6/c1-24-14-8-15(25-2)13(19(22)23)7-11(14)9-17-18-12-5-3-4-10(6-12)16(20)21/h3-9,18H,1-2H3,(H,20,21)/b17-9+. The van der Waals surface area contributed by atoms with Crippen molar-refractivity contribution in [2.24, 2.45) is 5.10 Å². The quantitative estimate of drug-likeness (QED) is 0.449. The Bertz CT molecular complexity index is 835. The normalized spacial score (nSPS) is 10.5. The highest BCUT2D eigenvalue weighted by Gasteiger charge is 2.18. The number of carbonyl (C=O) groups is 1. The van der Waals surface area contributed by atoms with Gasteiger partial charge in [-0.2, -0.15) is 5.10 Å². The van der Waals surface area contributed by atoms with Gasteiger partial charge in [-0.3, -0.25) is 15.5 Å². The average molecular weight is 345 g/mol. The SMILES string of the molecule is COc1cc(OC)c([N+](=O)[O-])cc1/C=N/Nc1cccc(C(=O)O)c1. The molecule has 9 nitrogen and oxygen atoms in total. The van der Waals surface area contributed by atoms with E-state index in [9.17, 15) is 14.9 Å². The zero-order valence-corrected chi connectivity index (χ0v) is 13.4. The molecule has 0 aliphatic heterocycles. The number of hydrogen-bond donors (Lipinski definition) is 2. The number of nitrogens with one attached hydrogen (secondary N) is 1. The van der Waals surface area contributed by atoms with Gasteiger partial charge in [0.25, 0.3) is 0 Å². The molecule has 0 radical (unpaired) electrons. The molecule has 0 fully saturated rings. The number of nitrogens with zero attached hydrogens (tertiary/aromatic N) is 2. The first-order chi connectivity index (χ1) is 12.0. The van der Waals surface area contributed by atoms with E-state index in [0.717, 1.165) is 0 Å². The topological polar surface area (TPSA) is 123 Å². The minimum absolute atomic E-state index is 0.0705. The Morgan fingerprint density at radius 3 is 2.56 bits per heavy atom. The van der Waals surface area contributed by atoms with Gasteiger partial charge in [-0.1, -0.05) is 6.07 Å². The van der Waals surface area contributed by atoms with Gasteiger partial charge in [0.05, 0.1) is 36.6 Å². The van der Waals surface area contributed by atoms with Gasteiger partial charge in [0.1, 0.15) is 5.75 Å².